The molecule has 24 heavy (non-hydrogen) atoms. The molecule has 0 N–H and O–H groups in total. The van der Waals surface area contributed by atoms with E-state index >= 15 is 0 Å². The Bertz CT molecular complexity index is 682. The van der Waals surface area contributed by atoms with Crippen molar-refractivity contribution in [2.24, 2.45) is 12.5 Å². The van der Waals surface area contributed by atoms with Gasteiger partial charge in [-0.25, -0.2) is 0 Å². The Kier molecular flexibility index (Phi) is 4.21. The second kappa shape index (κ2) is 6.36. The third-order valence-corrected chi connectivity index (χ3v) is 6.50. The minimum atomic E-state index is 0.496. The van der Waals surface area contributed by atoms with E-state index in [1.807, 2.05) is 11.7 Å². The molecule has 3 nitrogen and oxygen atoms in total. The Hall–Kier alpha value is -1.61. The van der Waals surface area contributed by atoms with Gasteiger partial charge in [0.05, 0.1) is 6.20 Å². The summed E-state index contributed by atoms with van der Waals surface area (Å²) in [7, 11) is 2.04. The van der Waals surface area contributed by atoms with Crippen LogP contribution in [0.15, 0.2) is 36.5 Å². The summed E-state index contributed by atoms with van der Waals surface area (Å²) in [5.41, 5.74) is 4.73. The Morgan fingerprint density at radius 2 is 1.88 bits per heavy atom. The van der Waals surface area contributed by atoms with E-state index in [1.165, 1.54) is 56.5 Å². The molecule has 128 valence electrons. The normalized spacial score (nSPS) is 23.8. The van der Waals surface area contributed by atoms with Gasteiger partial charge in [0, 0.05) is 43.9 Å². The molecule has 1 aromatic heterocycles. The van der Waals surface area contributed by atoms with Gasteiger partial charge in [-0.15, -0.1) is 0 Å². The molecule has 2 aliphatic rings. The van der Waals surface area contributed by atoms with Crippen LogP contribution in [0.2, 0.25) is 0 Å². The zero-order chi connectivity index (χ0) is 16.6. The lowest BCUT2D eigenvalue weighted by molar-refractivity contribution is 0.168. The first-order valence-electron chi connectivity index (χ1n) is 9.43. The van der Waals surface area contributed by atoms with E-state index < -0.39 is 0 Å². The molecule has 1 aliphatic carbocycles. The minimum absolute atomic E-state index is 0.496. The van der Waals surface area contributed by atoms with Crippen molar-refractivity contribution in [1.29, 1.82) is 0 Å². The lowest BCUT2D eigenvalue weighted by atomic mass is 9.66. The predicted octanol–water partition coefficient (Wildman–Crippen LogP) is 4.28. The molecule has 1 saturated carbocycles. The molecule has 2 heterocycles. The fourth-order valence-electron chi connectivity index (χ4n) is 5.04. The lowest BCUT2D eigenvalue weighted by Gasteiger charge is -2.38. The van der Waals surface area contributed by atoms with E-state index in [1.54, 1.807) is 5.56 Å². The number of rotatable bonds is 3. The van der Waals surface area contributed by atoms with Crippen molar-refractivity contribution >= 4 is 0 Å². The molecule has 1 spiro atoms. The van der Waals surface area contributed by atoms with E-state index in [2.05, 4.69) is 53.5 Å². The fourth-order valence-corrected chi connectivity index (χ4v) is 5.04. The van der Waals surface area contributed by atoms with Crippen LogP contribution in [-0.4, -0.2) is 27.8 Å². The molecule has 3 heteroatoms. The van der Waals surface area contributed by atoms with E-state index in [0.717, 1.165) is 6.54 Å². The molecule has 1 aliphatic heterocycles. The molecule has 2 aromatic rings. The van der Waals surface area contributed by atoms with E-state index in [0.29, 0.717) is 11.3 Å². The summed E-state index contributed by atoms with van der Waals surface area (Å²) in [6, 6.07) is 11.3. The largest absolute Gasteiger partial charge is 0.298 e. The highest BCUT2D eigenvalue weighted by molar-refractivity contribution is 5.26. The molecule has 4 rings (SSSR count). The quantitative estimate of drug-likeness (QED) is 0.840. The van der Waals surface area contributed by atoms with Crippen molar-refractivity contribution in [2.75, 3.05) is 13.1 Å². The van der Waals surface area contributed by atoms with Crippen LogP contribution in [0.1, 0.15) is 54.8 Å². The second-order valence-corrected chi connectivity index (χ2v) is 7.93. The Morgan fingerprint density at radius 3 is 2.54 bits per heavy atom. The Balaban J connectivity index is 1.59. The van der Waals surface area contributed by atoms with Crippen LogP contribution >= 0.6 is 0 Å². The number of hydrogen-bond acceptors (Lipinski definition) is 2. The van der Waals surface area contributed by atoms with Gasteiger partial charge in [-0.3, -0.25) is 9.58 Å². The molecule has 0 unspecified atom stereocenters. The van der Waals surface area contributed by atoms with Gasteiger partial charge >= 0.3 is 0 Å². The summed E-state index contributed by atoms with van der Waals surface area (Å²) in [4.78, 5) is 2.69. The van der Waals surface area contributed by atoms with Crippen molar-refractivity contribution in [3.63, 3.8) is 0 Å². The smallest absolute Gasteiger partial charge is 0.0537 e. The van der Waals surface area contributed by atoms with Gasteiger partial charge in [0.25, 0.3) is 0 Å². The number of aryl methyl sites for hydroxylation is 1. The van der Waals surface area contributed by atoms with Crippen LogP contribution in [0, 0.1) is 12.3 Å². The van der Waals surface area contributed by atoms with Gasteiger partial charge in [-0.05, 0) is 30.7 Å². The average Bonchev–Trinajstić information content (AvgIpc) is 3.11. The van der Waals surface area contributed by atoms with Crippen molar-refractivity contribution < 1.29 is 0 Å². The molecule has 1 atom stereocenters. The van der Waals surface area contributed by atoms with Crippen LogP contribution in [0.25, 0.3) is 0 Å². The maximum atomic E-state index is 4.43. The molecule has 1 saturated heterocycles. The molecule has 0 bridgehead atoms. The van der Waals surface area contributed by atoms with Crippen LogP contribution in [0.4, 0.5) is 0 Å². The number of likely N-dealkylation sites (tertiary alicyclic amines) is 1. The van der Waals surface area contributed by atoms with Crippen LogP contribution in [-0.2, 0) is 13.6 Å². The highest BCUT2D eigenvalue weighted by atomic mass is 15.3. The first kappa shape index (κ1) is 15.9. The average molecular weight is 323 g/mol. The van der Waals surface area contributed by atoms with Gasteiger partial charge in [-0.2, -0.15) is 5.10 Å². The van der Waals surface area contributed by atoms with Crippen LogP contribution in [0.5, 0.6) is 0 Å². The zero-order valence-electron chi connectivity index (χ0n) is 15.0. The number of nitrogens with zero attached hydrogens (tertiary/aromatic N) is 3. The summed E-state index contributed by atoms with van der Waals surface area (Å²) in [5.74, 6) is 0.691. The molecule has 1 aromatic carbocycles. The second-order valence-electron chi connectivity index (χ2n) is 7.93. The van der Waals surface area contributed by atoms with Crippen molar-refractivity contribution in [3.8, 4) is 0 Å². The van der Waals surface area contributed by atoms with Gasteiger partial charge in [0.1, 0.15) is 0 Å². The summed E-state index contributed by atoms with van der Waals surface area (Å²) < 4.78 is 2.00. The van der Waals surface area contributed by atoms with Gasteiger partial charge < -0.3 is 0 Å². The highest BCUT2D eigenvalue weighted by Gasteiger charge is 2.47. The SMILES string of the molecule is Cc1c(CN2C[C@@H](c3ccccc3)C3(CCCCC3)C2)cnn1C. The summed E-state index contributed by atoms with van der Waals surface area (Å²) in [5, 5.41) is 4.43. The third-order valence-electron chi connectivity index (χ3n) is 6.50. The Labute approximate surface area is 145 Å². The van der Waals surface area contributed by atoms with Gasteiger partial charge in [-0.1, -0.05) is 49.6 Å². The molecule has 0 radical (unpaired) electrons. The first-order chi connectivity index (χ1) is 11.7. The third kappa shape index (κ3) is 2.79. The van der Waals surface area contributed by atoms with Crippen molar-refractivity contribution in [1.82, 2.24) is 14.7 Å². The Morgan fingerprint density at radius 1 is 1.12 bits per heavy atom. The molecular formula is C21H29N3. The number of aromatic nitrogens is 2. The summed E-state index contributed by atoms with van der Waals surface area (Å²) in [6.45, 7) is 5.67. The van der Waals surface area contributed by atoms with Crippen molar-refractivity contribution in [2.45, 2.75) is 51.5 Å². The van der Waals surface area contributed by atoms with E-state index in [9.17, 15) is 0 Å². The topological polar surface area (TPSA) is 21.1 Å². The first-order valence-corrected chi connectivity index (χ1v) is 9.43. The lowest BCUT2D eigenvalue weighted by Crippen LogP contribution is -2.32. The van der Waals surface area contributed by atoms with Gasteiger partial charge in [0.2, 0.25) is 0 Å². The van der Waals surface area contributed by atoms with Gasteiger partial charge in [0.15, 0.2) is 0 Å². The maximum absolute atomic E-state index is 4.43. The fraction of sp³-hybridized carbons (Fsp3) is 0.571. The highest BCUT2D eigenvalue weighted by Crippen LogP contribution is 2.52. The van der Waals surface area contributed by atoms with E-state index in [-0.39, 0.29) is 0 Å². The number of hydrogen-bond donors (Lipinski definition) is 0. The molecule has 0 amide bonds. The van der Waals surface area contributed by atoms with Crippen LogP contribution < -0.4 is 0 Å². The van der Waals surface area contributed by atoms with Crippen molar-refractivity contribution in [3.05, 3.63) is 53.3 Å². The standard InChI is InChI=1S/C21H29N3/c1-17-19(13-22-23(17)2)14-24-15-20(18-9-5-3-6-10-18)21(16-24)11-7-4-8-12-21/h3,5-6,9-10,13,20H,4,7-8,11-12,14-16H2,1-2H3/t20-/m0/s1. The summed E-state index contributed by atoms with van der Waals surface area (Å²) >= 11 is 0. The summed E-state index contributed by atoms with van der Waals surface area (Å²) in [6.07, 6.45) is 9.08. The monoisotopic (exact) mass is 323 g/mol. The van der Waals surface area contributed by atoms with E-state index in [4.69, 9.17) is 0 Å². The minimum Gasteiger partial charge on any atom is -0.298 e. The molecular weight excluding hydrogens is 294 g/mol. The maximum Gasteiger partial charge on any atom is 0.0537 e. The predicted molar refractivity (Wildman–Crippen MR) is 97.9 cm³/mol. The zero-order valence-corrected chi connectivity index (χ0v) is 15.0. The number of benzene rings is 1. The molecule has 2 fully saturated rings. The van der Waals surface area contributed by atoms with Crippen LogP contribution in [0.3, 0.4) is 0 Å².